The first kappa shape index (κ1) is 21.6. The summed E-state index contributed by atoms with van der Waals surface area (Å²) in [5.41, 5.74) is 12.6. The van der Waals surface area contributed by atoms with E-state index in [9.17, 15) is 10.4 Å². The number of phenolic OH excluding ortho intramolecular Hbond substituents is 1. The van der Waals surface area contributed by atoms with Crippen LogP contribution in [0.25, 0.3) is 54.1 Å². The van der Waals surface area contributed by atoms with E-state index in [-0.39, 0.29) is 12.1 Å². The minimum absolute atomic E-state index is 0.145. The Morgan fingerprint density at radius 2 is 1.63 bits per heavy atom. The third-order valence-corrected chi connectivity index (χ3v) is 8.00. The Morgan fingerprint density at radius 1 is 0.886 bits per heavy atom. The van der Waals surface area contributed by atoms with E-state index in [0.29, 0.717) is 16.3 Å². The molecule has 0 fully saturated rings. The second-order valence-electron chi connectivity index (χ2n) is 9.66. The maximum absolute atomic E-state index is 11.6. The summed E-state index contributed by atoms with van der Waals surface area (Å²) in [6.45, 7) is 8.56. The van der Waals surface area contributed by atoms with Gasteiger partial charge < -0.3 is 20.0 Å². The molecular weight excluding hydrogens is 452 g/mol. The molecule has 6 rings (SSSR count). The van der Waals surface area contributed by atoms with Crippen LogP contribution in [0.3, 0.4) is 0 Å². The summed E-state index contributed by atoms with van der Waals surface area (Å²) in [5, 5.41) is 24.9. The lowest BCUT2D eigenvalue weighted by Crippen LogP contribution is -2.01. The van der Waals surface area contributed by atoms with E-state index in [4.69, 9.17) is 5.73 Å². The van der Waals surface area contributed by atoms with Gasteiger partial charge in [0.2, 0.25) is 0 Å². The van der Waals surface area contributed by atoms with E-state index in [1.54, 1.807) is 0 Å². The van der Waals surface area contributed by atoms with Crippen LogP contribution >= 0.6 is 11.3 Å². The van der Waals surface area contributed by atoms with Crippen molar-refractivity contribution in [1.29, 1.82) is 5.26 Å². The molecule has 0 amide bonds. The molecule has 0 aliphatic carbocycles. The maximum atomic E-state index is 11.6. The molecule has 3 aromatic heterocycles. The molecular formula is C29H26N4OS. The highest BCUT2D eigenvalue weighted by atomic mass is 32.1. The van der Waals surface area contributed by atoms with E-state index in [0.717, 1.165) is 54.1 Å². The van der Waals surface area contributed by atoms with Crippen LogP contribution in [0.5, 0.6) is 5.75 Å². The fourth-order valence-corrected chi connectivity index (χ4v) is 6.61. The minimum atomic E-state index is 0.145. The van der Waals surface area contributed by atoms with Crippen molar-refractivity contribution in [2.45, 2.75) is 39.8 Å². The molecule has 3 N–H and O–H groups in total. The molecule has 3 aromatic carbocycles. The molecule has 0 unspecified atom stereocenters. The van der Waals surface area contributed by atoms with Crippen LogP contribution in [0.1, 0.15) is 45.3 Å². The second kappa shape index (κ2) is 7.53. The Balaban J connectivity index is 1.66. The summed E-state index contributed by atoms with van der Waals surface area (Å²) in [4.78, 5) is 0. The van der Waals surface area contributed by atoms with Crippen molar-refractivity contribution >= 4 is 59.3 Å². The Morgan fingerprint density at radius 3 is 2.34 bits per heavy atom. The van der Waals surface area contributed by atoms with Crippen LogP contribution in [0.4, 0.5) is 5.00 Å². The number of benzene rings is 3. The first-order valence-electron chi connectivity index (χ1n) is 11.8. The van der Waals surface area contributed by atoms with Gasteiger partial charge in [0.1, 0.15) is 22.4 Å². The van der Waals surface area contributed by atoms with Crippen LogP contribution in [0.15, 0.2) is 54.6 Å². The third-order valence-electron chi connectivity index (χ3n) is 6.96. The number of fused-ring (bicyclic) bond motifs is 6. The number of rotatable bonds is 3. The number of nitrogen functional groups attached to an aromatic ring is 1. The number of aromatic nitrogens is 2. The van der Waals surface area contributed by atoms with Crippen molar-refractivity contribution in [2.75, 3.05) is 5.73 Å². The van der Waals surface area contributed by atoms with Crippen molar-refractivity contribution in [3.63, 3.8) is 0 Å². The Hall–Kier alpha value is -3.95. The number of nitrogens with two attached hydrogens (primary N) is 1. The highest BCUT2D eigenvalue weighted by Gasteiger charge is 2.23. The molecule has 0 saturated carbocycles. The van der Waals surface area contributed by atoms with Gasteiger partial charge in [0.05, 0.1) is 21.3 Å². The molecule has 0 aliphatic rings. The number of thiophene rings is 1. The van der Waals surface area contributed by atoms with Gasteiger partial charge in [0.15, 0.2) is 0 Å². The lowest BCUT2D eigenvalue weighted by Gasteiger charge is -2.14. The first-order chi connectivity index (χ1) is 16.8. The summed E-state index contributed by atoms with van der Waals surface area (Å²) in [5.74, 6) is 0.295. The molecule has 3 heterocycles. The molecule has 0 aliphatic heterocycles. The number of aromatic hydroxyl groups is 1. The lowest BCUT2D eigenvalue weighted by atomic mass is 10.00. The number of phenols is 1. The zero-order valence-corrected chi connectivity index (χ0v) is 20.9. The molecule has 0 spiro atoms. The number of para-hydroxylation sites is 1. The van der Waals surface area contributed by atoms with Gasteiger partial charge in [-0.15, -0.1) is 11.3 Å². The van der Waals surface area contributed by atoms with Crippen LogP contribution in [0.2, 0.25) is 0 Å². The fraction of sp³-hybridized carbons (Fsp3) is 0.207. The van der Waals surface area contributed by atoms with E-state index >= 15 is 0 Å². The average molecular weight is 479 g/mol. The van der Waals surface area contributed by atoms with Gasteiger partial charge in [0.25, 0.3) is 0 Å². The molecule has 174 valence electrons. The largest absolute Gasteiger partial charge is 0.507 e. The predicted molar refractivity (Wildman–Crippen MR) is 147 cm³/mol. The highest BCUT2D eigenvalue weighted by Crippen LogP contribution is 2.46. The number of anilines is 1. The average Bonchev–Trinajstić information content (AvgIpc) is 3.44. The highest BCUT2D eigenvalue weighted by molar-refractivity contribution is 7.24. The van der Waals surface area contributed by atoms with Gasteiger partial charge >= 0.3 is 0 Å². The zero-order valence-electron chi connectivity index (χ0n) is 20.1. The molecule has 35 heavy (non-hydrogen) atoms. The van der Waals surface area contributed by atoms with Gasteiger partial charge in [-0.3, -0.25) is 0 Å². The Bertz CT molecular complexity index is 1840. The monoisotopic (exact) mass is 478 g/mol. The summed E-state index contributed by atoms with van der Waals surface area (Å²) >= 11 is 1.47. The van der Waals surface area contributed by atoms with Crippen molar-refractivity contribution < 1.29 is 5.11 Å². The molecule has 0 bridgehead atoms. The molecule has 0 radical (unpaired) electrons. The Labute approximate surface area is 207 Å². The second-order valence-corrected chi connectivity index (χ2v) is 10.7. The van der Waals surface area contributed by atoms with Crippen molar-refractivity contribution in [2.24, 2.45) is 0 Å². The Kier molecular flexibility index (Phi) is 4.64. The summed E-state index contributed by atoms with van der Waals surface area (Å²) in [6, 6.07) is 21.4. The number of hydrogen-bond acceptors (Lipinski definition) is 4. The topological polar surface area (TPSA) is 79.9 Å². The number of nitrogens with zero attached hydrogens (tertiary/aromatic N) is 3. The lowest BCUT2D eigenvalue weighted by molar-refractivity contribution is 0.484. The van der Waals surface area contributed by atoms with Crippen molar-refractivity contribution in [3.05, 3.63) is 60.2 Å². The van der Waals surface area contributed by atoms with Crippen LogP contribution < -0.4 is 5.73 Å². The number of hydrogen-bond donors (Lipinski definition) is 2. The summed E-state index contributed by atoms with van der Waals surface area (Å²) in [7, 11) is 0. The summed E-state index contributed by atoms with van der Waals surface area (Å²) in [6.07, 6.45) is 0. The van der Waals surface area contributed by atoms with Gasteiger partial charge in [-0.05, 0) is 57.5 Å². The standard InChI is InChI=1S/C29H26N4OS/c1-15(2)32-22-8-6-5-7-19(22)25-23(32)12-11-18(27(25)34)17-9-10-20-24(13-17)33(16(3)4)26-21(14-30)29(31)35-28(20)26/h5-13,15-16,34H,31H2,1-4H3. The third kappa shape index (κ3) is 2.85. The summed E-state index contributed by atoms with van der Waals surface area (Å²) < 4.78 is 5.51. The molecule has 5 nitrogen and oxygen atoms in total. The molecule has 6 aromatic rings. The van der Waals surface area contributed by atoms with Gasteiger partial charge in [-0.1, -0.05) is 30.3 Å². The van der Waals surface area contributed by atoms with E-state index in [1.165, 1.54) is 11.3 Å². The van der Waals surface area contributed by atoms with Crippen LogP contribution in [-0.2, 0) is 0 Å². The fourth-order valence-electron chi connectivity index (χ4n) is 5.57. The molecule has 6 heteroatoms. The van der Waals surface area contributed by atoms with Crippen LogP contribution in [-0.4, -0.2) is 14.2 Å². The predicted octanol–water partition coefficient (Wildman–Crippen LogP) is 7.95. The molecule has 0 atom stereocenters. The SMILES string of the molecule is CC(C)n1c2ccccc2c2c(O)c(-c3ccc4c5sc(N)c(C#N)c5n(C(C)C)c4c3)ccc21. The van der Waals surface area contributed by atoms with E-state index in [2.05, 4.69) is 79.3 Å². The van der Waals surface area contributed by atoms with E-state index < -0.39 is 0 Å². The minimum Gasteiger partial charge on any atom is -0.507 e. The maximum Gasteiger partial charge on any atom is 0.133 e. The number of nitriles is 1. The van der Waals surface area contributed by atoms with Gasteiger partial charge in [-0.2, -0.15) is 5.26 Å². The van der Waals surface area contributed by atoms with Gasteiger partial charge in [-0.25, -0.2) is 0 Å². The normalized spacial score (nSPS) is 12.1. The molecule has 0 saturated heterocycles. The zero-order chi connectivity index (χ0) is 24.6. The van der Waals surface area contributed by atoms with Crippen LogP contribution in [0, 0.1) is 11.3 Å². The van der Waals surface area contributed by atoms with E-state index in [1.807, 2.05) is 18.2 Å². The smallest absolute Gasteiger partial charge is 0.133 e. The van der Waals surface area contributed by atoms with Gasteiger partial charge in [0, 0.05) is 39.3 Å². The van der Waals surface area contributed by atoms with Crippen molar-refractivity contribution in [1.82, 2.24) is 9.13 Å². The quantitative estimate of drug-likeness (QED) is 0.271. The van der Waals surface area contributed by atoms with Crippen molar-refractivity contribution in [3.8, 4) is 22.9 Å². The first-order valence-corrected chi connectivity index (χ1v) is 12.7.